The van der Waals surface area contributed by atoms with Crippen LogP contribution >= 0.6 is 18.3 Å². The van der Waals surface area contributed by atoms with Gasteiger partial charge in [-0.1, -0.05) is 78.3 Å². The fraction of sp³-hybridized carbons (Fsp3) is 0.243. The summed E-state index contributed by atoms with van der Waals surface area (Å²) in [5.41, 5.74) is 0.322. The van der Waals surface area contributed by atoms with Gasteiger partial charge in [0.2, 0.25) is 0 Å². The van der Waals surface area contributed by atoms with E-state index in [2.05, 4.69) is 4.98 Å². The second-order valence-corrected chi connectivity index (χ2v) is 14.9. The fourth-order valence-electron chi connectivity index (χ4n) is 6.05. The highest BCUT2D eigenvalue weighted by Gasteiger charge is 2.45. The lowest BCUT2D eigenvalue weighted by molar-refractivity contribution is -0.0923. The summed E-state index contributed by atoms with van der Waals surface area (Å²) >= 11 is 11.7. The molecule has 14 heteroatoms. The minimum absolute atomic E-state index is 0.0632. The van der Waals surface area contributed by atoms with Gasteiger partial charge in [-0.15, -0.1) is 0 Å². The second kappa shape index (κ2) is 15.5. The van der Waals surface area contributed by atoms with Gasteiger partial charge in [-0.05, 0) is 60.0 Å². The SMILES string of the molecule is COc1ccc(C(OC[C@H]2O[C@@H](n3cc(C)c(=O)[nH]c3=O)C[C@@H]2OP(O)(=S)Oc2ccccc2Cl)(c2ccccc2)c2ccc(OC)cc2)cc1. The standard InChI is InChI=1S/C37H36ClN2O9PS/c1-24-22-40(36(42)39-35(24)41)34-21-32(49-50(43,51)48-31-12-8-7-11-30(31)38)33(47-34)23-46-37(25-9-5-4-6-10-25,26-13-17-28(44-2)18-14-26)27-15-19-29(45-3)20-16-27/h4-20,22,32-34H,21,23H2,1-3H3,(H,43,51)(H,39,41,42)/t32-,33+,34+,50?/m0/s1. The summed E-state index contributed by atoms with van der Waals surface area (Å²) in [4.78, 5) is 38.8. The van der Waals surface area contributed by atoms with E-state index in [0.717, 1.165) is 16.7 Å². The number of aromatic nitrogens is 2. The molecule has 0 amide bonds. The number of aryl methyl sites for hydroxylation is 1. The Morgan fingerprint density at radius 3 is 2.06 bits per heavy atom. The Morgan fingerprint density at radius 2 is 1.47 bits per heavy atom. The van der Waals surface area contributed by atoms with Crippen LogP contribution in [0.15, 0.2) is 119 Å². The molecule has 5 aromatic rings. The molecule has 0 spiro atoms. The number of aromatic amines is 1. The van der Waals surface area contributed by atoms with Crippen molar-refractivity contribution in [2.75, 3.05) is 20.8 Å². The maximum atomic E-state index is 13.0. The van der Waals surface area contributed by atoms with Gasteiger partial charge in [0.05, 0.1) is 25.8 Å². The second-order valence-electron chi connectivity index (χ2n) is 11.8. The van der Waals surface area contributed by atoms with E-state index < -0.39 is 42.0 Å². The molecule has 2 N–H and O–H groups in total. The monoisotopic (exact) mass is 750 g/mol. The first-order chi connectivity index (χ1) is 24.5. The maximum Gasteiger partial charge on any atom is 0.378 e. The first-order valence-electron chi connectivity index (χ1n) is 15.9. The molecule has 0 saturated carbocycles. The van der Waals surface area contributed by atoms with Crippen molar-refractivity contribution in [2.24, 2.45) is 0 Å². The molecule has 0 radical (unpaired) electrons. The van der Waals surface area contributed by atoms with Crippen LogP contribution in [-0.4, -0.2) is 47.5 Å². The summed E-state index contributed by atoms with van der Waals surface area (Å²) in [6, 6.07) is 31.4. The molecule has 11 nitrogen and oxygen atoms in total. The molecule has 4 aromatic carbocycles. The lowest BCUT2D eigenvalue weighted by Crippen LogP contribution is -2.38. The molecule has 1 fully saturated rings. The average molecular weight is 751 g/mol. The van der Waals surface area contributed by atoms with Gasteiger partial charge in [0.1, 0.15) is 41.3 Å². The highest BCUT2D eigenvalue weighted by atomic mass is 35.5. The summed E-state index contributed by atoms with van der Waals surface area (Å²) in [5.74, 6) is 1.49. The summed E-state index contributed by atoms with van der Waals surface area (Å²) < 4.78 is 37.6. The number of para-hydroxylation sites is 1. The molecule has 1 unspecified atom stereocenters. The molecule has 1 aliphatic rings. The van der Waals surface area contributed by atoms with Crippen LogP contribution in [0, 0.1) is 6.92 Å². The first kappa shape index (κ1) is 36.5. The van der Waals surface area contributed by atoms with E-state index in [1.165, 1.54) is 10.8 Å². The van der Waals surface area contributed by atoms with Crippen LogP contribution in [-0.2, 0) is 31.4 Å². The molecule has 4 atom stereocenters. The predicted molar refractivity (Wildman–Crippen MR) is 196 cm³/mol. The van der Waals surface area contributed by atoms with Gasteiger partial charge in [0.15, 0.2) is 0 Å². The number of hydrogen-bond donors (Lipinski definition) is 2. The van der Waals surface area contributed by atoms with E-state index in [-0.39, 0.29) is 23.8 Å². The highest BCUT2D eigenvalue weighted by molar-refractivity contribution is 8.07. The number of nitrogens with zero attached hydrogens (tertiary/aromatic N) is 1. The maximum absolute atomic E-state index is 13.0. The molecule has 1 aliphatic heterocycles. The normalized spacial score (nSPS) is 18.6. The summed E-state index contributed by atoms with van der Waals surface area (Å²) in [5, 5.41) is 0.242. The van der Waals surface area contributed by atoms with Crippen molar-refractivity contribution < 1.29 is 32.9 Å². The van der Waals surface area contributed by atoms with Crippen LogP contribution in [0.25, 0.3) is 0 Å². The molecule has 51 heavy (non-hydrogen) atoms. The Bertz CT molecular complexity index is 2080. The number of hydrogen-bond acceptors (Lipinski definition) is 9. The fourth-order valence-corrected chi connectivity index (χ4v) is 7.86. The summed E-state index contributed by atoms with van der Waals surface area (Å²) in [6.45, 7) is -2.51. The number of methoxy groups -OCH3 is 2. The zero-order valence-corrected chi connectivity index (χ0v) is 30.4. The van der Waals surface area contributed by atoms with E-state index in [1.54, 1.807) is 45.4 Å². The van der Waals surface area contributed by atoms with Crippen molar-refractivity contribution >= 4 is 30.1 Å². The van der Waals surface area contributed by atoms with Gasteiger partial charge < -0.3 is 28.4 Å². The van der Waals surface area contributed by atoms with Crippen molar-refractivity contribution in [1.82, 2.24) is 9.55 Å². The number of ether oxygens (including phenoxy) is 4. The molecule has 6 rings (SSSR count). The Morgan fingerprint density at radius 1 is 0.902 bits per heavy atom. The zero-order chi connectivity index (χ0) is 36.2. The molecular weight excluding hydrogens is 715 g/mol. The van der Waals surface area contributed by atoms with E-state index in [1.807, 2.05) is 78.9 Å². The van der Waals surface area contributed by atoms with Gasteiger partial charge in [0, 0.05) is 30.0 Å². The van der Waals surface area contributed by atoms with Crippen LogP contribution in [0.3, 0.4) is 0 Å². The van der Waals surface area contributed by atoms with Crippen molar-refractivity contribution in [2.45, 2.75) is 37.4 Å². The van der Waals surface area contributed by atoms with Crippen molar-refractivity contribution in [3.63, 3.8) is 0 Å². The van der Waals surface area contributed by atoms with Crippen molar-refractivity contribution in [3.8, 4) is 17.2 Å². The Balaban J connectivity index is 1.41. The van der Waals surface area contributed by atoms with E-state index >= 15 is 0 Å². The summed E-state index contributed by atoms with van der Waals surface area (Å²) in [7, 11) is 3.20. The Hall–Kier alpha value is -4.26. The quantitative estimate of drug-likeness (QED) is 0.102. The average Bonchev–Trinajstić information content (AvgIpc) is 3.53. The summed E-state index contributed by atoms with van der Waals surface area (Å²) in [6.07, 6.45) is -1.24. The predicted octanol–water partition coefficient (Wildman–Crippen LogP) is 6.49. The van der Waals surface area contributed by atoms with Crippen LogP contribution < -0.4 is 25.2 Å². The Labute approximate surface area is 304 Å². The number of nitrogens with one attached hydrogen (secondary N) is 1. The first-order valence-corrected chi connectivity index (χ1v) is 18.9. The Kier molecular flexibility index (Phi) is 11.1. The van der Waals surface area contributed by atoms with Crippen LogP contribution in [0.1, 0.15) is 34.9 Å². The molecule has 2 heterocycles. The largest absolute Gasteiger partial charge is 0.497 e. The lowest BCUT2D eigenvalue weighted by atomic mass is 9.80. The van der Waals surface area contributed by atoms with Crippen molar-refractivity contribution in [1.29, 1.82) is 0 Å². The third-order valence-electron chi connectivity index (χ3n) is 8.59. The third kappa shape index (κ3) is 7.98. The van der Waals surface area contributed by atoms with E-state index in [9.17, 15) is 14.5 Å². The number of rotatable bonds is 13. The number of H-pyrrole nitrogens is 1. The van der Waals surface area contributed by atoms with E-state index in [4.69, 9.17) is 51.4 Å². The third-order valence-corrected chi connectivity index (χ3v) is 10.4. The van der Waals surface area contributed by atoms with Crippen LogP contribution in [0.4, 0.5) is 0 Å². The van der Waals surface area contributed by atoms with Crippen molar-refractivity contribution in [3.05, 3.63) is 157 Å². The number of benzene rings is 4. The molecule has 1 aromatic heterocycles. The highest BCUT2D eigenvalue weighted by Crippen LogP contribution is 2.50. The van der Waals surface area contributed by atoms with Gasteiger partial charge >= 0.3 is 12.4 Å². The van der Waals surface area contributed by atoms with Gasteiger partial charge in [-0.25, -0.2) is 4.79 Å². The van der Waals surface area contributed by atoms with Crippen LogP contribution in [0.2, 0.25) is 5.02 Å². The minimum atomic E-state index is -3.99. The molecular formula is C37H36ClN2O9PS. The molecule has 0 bridgehead atoms. The lowest BCUT2D eigenvalue weighted by Gasteiger charge is -2.37. The molecule has 0 aliphatic carbocycles. The van der Waals surface area contributed by atoms with Gasteiger partial charge in [-0.3, -0.25) is 18.9 Å². The minimum Gasteiger partial charge on any atom is -0.497 e. The topological polar surface area (TPSA) is 130 Å². The smallest absolute Gasteiger partial charge is 0.378 e. The van der Waals surface area contributed by atoms with E-state index in [0.29, 0.717) is 17.1 Å². The molecule has 266 valence electrons. The molecule has 1 saturated heterocycles. The van der Waals surface area contributed by atoms with Crippen LogP contribution in [0.5, 0.6) is 17.2 Å². The van der Waals surface area contributed by atoms with Gasteiger partial charge in [-0.2, -0.15) is 0 Å². The van der Waals surface area contributed by atoms with Gasteiger partial charge in [0.25, 0.3) is 5.56 Å². The number of halogens is 1. The zero-order valence-electron chi connectivity index (χ0n) is 27.9.